The second kappa shape index (κ2) is 6.36. The summed E-state index contributed by atoms with van der Waals surface area (Å²) >= 11 is 0. The van der Waals surface area contributed by atoms with Gasteiger partial charge in [-0.05, 0) is 38.5 Å². The van der Waals surface area contributed by atoms with Gasteiger partial charge in [0.05, 0.1) is 0 Å². The van der Waals surface area contributed by atoms with E-state index < -0.39 is 23.6 Å². The van der Waals surface area contributed by atoms with Crippen molar-refractivity contribution in [3.05, 3.63) is 35.6 Å². The number of halogens is 1. The maximum absolute atomic E-state index is 12.8. The molecule has 0 aliphatic carbocycles. The fourth-order valence-electron chi connectivity index (χ4n) is 1.53. The standard InChI is InChI=1S/C14H19FN2O3/c1-14(2,3)20-13(19)17-11(12(16)18)8-9-4-6-10(15)7-5-9/h4-7,11H,8H2,1-3H3,(H2,16,18)(H,17,19)/t11-/m0/s1. The molecule has 1 aromatic carbocycles. The number of nitrogens with two attached hydrogens (primary N) is 1. The Morgan fingerprint density at radius 2 is 1.85 bits per heavy atom. The van der Waals surface area contributed by atoms with Crippen LogP contribution in [0.15, 0.2) is 24.3 Å². The molecule has 110 valence electrons. The molecule has 0 unspecified atom stereocenters. The van der Waals surface area contributed by atoms with Crippen molar-refractivity contribution in [1.82, 2.24) is 5.32 Å². The highest BCUT2D eigenvalue weighted by Crippen LogP contribution is 2.09. The molecule has 0 aliphatic heterocycles. The van der Waals surface area contributed by atoms with Crippen LogP contribution < -0.4 is 11.1 Å². The zero-order valence-corrected chi connectivity index (χ0v) is 11.8. The van der Waals surface area contributed by atoms with E-state index >= 15 is 0 Å². The average molecular weight is 282 g/mol. The van der Waals surface area contributed by atoms with Crippen LogP contribution in [-0.2, 0) is 16.0 Å². The Morgan fingerprint density at radius 3 is 2.30 bits per heavy atom. The number of carbonyl (C=O) groups is 2. The quantitative estimate of drug-likeness (QED) is 0.882. The van der Waals surface area contributed by atoms with Crippen molar-refractivity contribution in [3.63, 3.8) is 0 Å². The van der Waals surface area contributed by atoms with Gasteiger partial charge in [-0.1, -0.05) is 12.1 Å². The van der Waals surface area contributed by atoms with E-state index in [1.807, 2.05) is 0 Å². The Morgan fingerprint density at radius 1 is 1.30 bits per heavy atom. The van der Waals surface area contributed by atoms with Crippen LogP contribution in [0.5, 0.6) is 0 Å². The molecular formula is C14H19FN2O3. The van der Waals surface area contributed by atoms with E-state index in [1.54, 1.807) is 20.8 Å². The van der Waals surface area contributed by atoms with Crippen molar-refractivity contribution in [3.8, 4) is 0 Å². The lowest BCUT2D eigenvalue weighted by atomic mass is 10.1. The van der Waals surface area contributed by atoms with Crippen molar-refractivity contribution >= 4 is 12.0 Å². The van der Waals surface area contributed by atoms with Gasteiger partial charge in [-0.25, -0.2) is 9.18 Å². The topological polar surface area (TPSA) is 81.4 Å². The van der Waals surface area contributed by atoms with Gasteiger partial charge in [0.15, 0.2) is 0 Å². The second-order valence-corrected chi connectivity index (χ2v) is 5.43. The zero-order valence-electron chi connectivity index (χ0n) is 11.8. The maximum Gasteiger partial charge on any atom is 0.408 e. The average Bonchev–Trinajstić information content (AvgIpc) is 2.28. The number of rotatable bonds is 4. The third kappa shape index (κ3) is 5.69. The fraction of sp³-hybridized carbons (Fsp3) is 0.429. The Kier molecular flexibility index (Phi) is 5.07. The zero-order chi connectivity index (χ0) is 15.3. The largest absolute Gasteiger partial charge is 0.444 e. The SMILES string of the molecule is CC(C)(C)OC(=O)N[C@@H](Cc1ccc(F)cc1)C(N)=O. The lowest BCUT2D eigenvalue weighted by molar-refractivity contribution is -0.120. The van der Waals surface area contributed by atoms with Gasteiger partial charge >= 0.3 is 6.09 Å². The first-order valence-electron chi connectivity index (χ1n) is 6.20. The van der Waals surface area contributed by atoms with E-state index in [9.17, 15) is 14.0 Å². The van der Waals surface area contributed by atoms with Crippen molar-refractivity contribution in [2.24, 2.45) is 5.73 Å². The number of nitrogens with one attached hydrogen (secondary N) is 1. The summed E-state index contributed by atoms with van der Waals surface area (Å²) < 4.78 is 17.9. The lowest BCUT2D eigenvalue weighted by Crippen LogP contribution is -2.47. The van der Waals surface area contributed by atoms with E-state index in [0.717, 1.165) is 0 Å². The number of hydrogen-bond acceptors (Lipinski definition) is 3. The van der Waals surface area contributed by atoms with Gasteiger partial charge in [0.25, 0.3) is 0 Å². The van der Waals surface area contributed by atoms with Crippen LogP contribution in [0.2, 0.25) is 0 Å². The molecule has 0 aliphatic rings. The Hall–Kier alpha value is -2.11. The van der Waals surface area contributed by atoms with Crippen molar-refractivity contribution in [2.75, 3.05) is 0 Å². The monoisotopic (exact) mass is 282 g/mol. The minimum atomic E-state index is -0.907. The Bertz CT molecular complexity index is 480. The van der Waals surface area contributed by atoms with Gasteiger partial charge in [0.1, 0.15) is 17.5 Å². The summed E-state index contributed by atoms with van der Waals surface area (Å²) in [6, 6.07) is 4.71. The summed E-state index contributed by atoms with van der Waals surface area (Å²) in [6.45, 7) is 5.14. The fourth-order valence-corrected chi connectivity index (χ4v) is 1.53. The van der Waals surface area contributed by atoms with Gasteiger partial charge in [-0.15, -0.1) is 0 Å². The van der Waals surface area contributed by atoms with Crippen LogP contribution in [-0.4, -0.2) is 23.6 Å². The molecule has 0 fully saturated rings. The first-order valence-corrected chi connectivity index (χ1v) is 6.20. The Labute approximate surface area is 117 Å². The highest BCUT2D eigenvalue weighted by atomic mass is 19.1. The van der Waals surface area contributed by atoms with Gasteiger partial charge in [0, 0.05) is 6.42 Å². The van der Waals surface area contributed by atoms with Gasteiger partial charge in [-0.2, -0.15) is 0 Å². The highest BCUT2D eigenvalue weighted by Gasteiger charge is 2.22. The molecule has 1 aromatic rings. The molecule has 6 heteroatoms. The molecular weight excluding hydrogens is 263 g/mol. The molecule has 1 atom stereocenters. The van der Waals surface area contributed by atoms with E-state index in [-0.39, 0.29) is 12.2 Å². The summed E-state index contributed by atoms with van der Waals surface area (Å²) in [5.41, 5.74) is 5.27. The number of carbonyl (C=O) groups excluding carboxylic acids is 2. The number of alkyl carbamates (subject to hydrolysis) is 1. The van der Waals surface area contributed by atoms with E-state index in [1.165, 1.54) is 24.3 Å². The predicted octanol–water partition coefficient (Wildman–Crippen LogP) is 1.75. The number of amides is 2. The van der Waals surface area contributed by atoms with E-state index in [0.29, 0.717) is 5.56 Å². The molecule has 0 aromatic heterocycles. The van der Waals surface area contributed by atoms with Crippen molar-refractivity contribution in [1.29, 1.82) is 0 Å². The maximum atomic E-state index is 12.8. The summed E-state index contributed by atoms with van der Waals surface area (Å²) in [4.78, 5) is 23.0. The Balaban J connectivity index is 2.68. The van der Waals surface area contributed by atoms with Gasteiger partial charge in [-0.3, -0.25) is 4.79 Å². The predicted molar refractivity (Wildman–Crippen MR) is 72.5 cm³/mol. The van der Waals surface area contributed by atoms with Crippen LogP contribution in [0.3, 0.4) is 0 Å². The first kappa shape index (κ1) is 15.9. The smallest absolute Gasteiger partial charge is 0.408 e. The molecule has 0 saturated carbocycles. The molecule has 20 heavy (non-hydrogen) atoms. The van der Waals surface area contributed by atoms with Crippen LogP contribution in [0.25, 0.3) is 0 Å². The van der Waals surface area contributed by atoms with Crippen LogP contribution in [0.1, 0.15) is 26.3 Å². The minimum absolute atomic E-state index is 0.175. The van der Waals surface area contributed by atoms with Crippen LogP contribution in [0, 0.1) is 5.82 Å². The summed E-state index contributed by atoms with van der Waals surface area (Å²) in [5, 5.41) is 2.41. The third-order valence-corrected chi connectivity index (χ3v) is 2.39. The third-order valence-electron chi connectivity index (χ3n) is 2.39. The number of hydrogen-bond donors (Lipinski definition) is 2. The lowest BCUT2D eigenvalue weighted by Gasteiger charge is -2.22. The molecule has 0 saturated heterocycles. The molecule has 1 rings (SSSR count). The molecule has 0 bridgehead atoms. The molecule has 3 N–H and O–H groups in total. The molecule has 0 spiro atoms. The van der Waals surface area contributed by atoms with Gasteiger partial charge in [0.2, 0.25) is 5.91 Å². The normalized spacial score (nSPS) is 12.6. The van der Waals surface area contributed by atoms with Gasteiger partial charge < -0.3 is 15.8 Å². The van der Waals surface area contributed by atoms with Crippen LogP contribution in [0.4, 0.5) is 9.18 Å². The number of benzene rings is 1. The molecule has 2 amide bonds. The van der Waals surface area contributed by atoms with Crippen LogP contribution >= 0.6 is 0 Å². The minimum Gasteiger partial charge on any atom is -0.444 e. The van der Waals surface area contributed by atoms with Crippen molar-refractivity contribution < 1.29 is 18.7 Å². The number of primary amides is 1. The van der Waals surface area contributed by atoms with E-state index in [2.05, 4.69) is 5.32 Å². The summed E-state index contributed by atoms with van der Waals surface area (Å²) in [6.07, 6.45) is -0.544. The molecule has 0 heterocycles. The molecule has 0 radical (unpaired) electrons. The van der Waals surface area contributed by atoms with E-state index in [4.69, 9.17) is 10.5 Å². The summed E-state index contributed by atoms with van der Waals surface area (Å²) in [5.74, 6) is -1.05. The molecule has 5 nitrogen and oxygen atoms in total. The first-order chi connectivity index (χ1) is 9.17. The summed E-state index contributed by atoms with van der Waals surface area (Å²) in [7, 11) is 0. The number of ether oxygens (including phenoxy) is 1. The van der Waals surface area contributed by atoms with Crippen molar-refractivity contribution in [2.45, 2.75) is 38.8 Å². The highest BCUT2D eigenvalue weighted by molar-refractivity contribution is 5.84. The second-order valence-electron chi connectivity index (χ2n) is 5.43.